The minimum atomic E-state index is -1.70. The number of nitriles is 1. The number of hydrogen-bond donors (Lipinski definition) is 0. The zero-order valence-corrected chi connectivity index (χ0v) is 12.1. The lowest BCUT2D eigenvalue weighted by Gasteiger charge is -2.30. The van der Waals surface area contributed by atoms with E-state index < -0.39 is 17.8 Å². The van der Waals surface area contributed by atoms with Gasteiger partial charge in [0.05, 0.1) is 17.6 Å². The smallest absolute Gasteiger partial charge is 0.135 e. The molecule has 0 radical (unpaired) electrons. The molecule has 108 valence electrons. The first-order chi connectivity index (χ1) is 9.93. The Morgan fingerprint density at radius 1 is 0.952 bits per heavy atom. The van der Waals surface area contributed by atoms with Gasteiger partial charge in [-0.05, 0) is 37.1 Å². The first-order valence-corrected chi connectivity index (χ1v) is 6.81. The van der Waals surface area contributed by atoms with Crippen LogP contribution in [0.4, 0.5) is 8.78 Å². The molecule has 2 aromatic carbocycles. The quantitative estimate of drug-likeness (QED) is 0.766. The lowest BCUT2D eigenvalue weighted by atomic mass is 9.80. The molecule has 0 aliphatic carbocycles. The fourth-order valence-corrected chi connectivity index (χ4v) is 2.51. The summed E-state index contributed by atoms with van der Waals surface area (Å²) < 4.78 is 29.4. The third-order valence-electron chi connectivity index (χ3n) is 3.55. The summed E-state index contributed by atoms with van der Waals surface area (Å²) in [5, 5.41) is 8.78. The van der Waals surface area contributed by atoms with E-state index in [0.29, 0.717) is 16.7 Å². The van der Waals surface area contributed by atoms with Crippen LogP contribution in [0.25, 0.3) is 0 Å². The molecule has 0 heterocycles. The Balaban J connectivity index is 2.39. The second kappa shape index (κ2) is 6.05. The van der Waals surface area contributed by atoms with Crippen LogP contribution in [0.15, 0.2) is 54.6 Å². The Kier molecular flexibility index (Phi) is 4.37. The van der Waals surface area contributed by atoms with Crippen molar-refractivity contribution in [2.24, 2.45) is 0 Å². The van der Waals surface area contributed by atoms with Crippen molar-refractivity contribution < 1.29 is 8.78 Å². The molecule has 0 fully saturated rings. The first kappa shape index (κ1) is 15.2. The van der Waals surface area contributed by atoms with Gasteiger partial charge in [-0.15, -0.1) is 0 Å². The van der Waals surface area contributed by atoms with Crippen LogP contribution in [0.1, 0.15) is 42.6 Å². The monoisotopic (exact) mass is 285 g/mol. The summed E-state index contributed by atoms with van der Waals surface area (Å²) in [6.07, 6.45) is -1.47. The van der Waals surface area contributed by atoms with Crippen LogP contribution in [0.3, 0.4) is 0 Å². The minimum absolute atomic E-state index is 0.383. The van der Waals surface area contributed by atoms with E-state index in [-0.39, 0.29) is 0 Å². The van der Waals surface area contributed by atoms with Crippen LogP contribution in [0, 0.1) is 11.3 Å². The molecule has 2 aromatic rings. The molecule has 0 aromatic heterocycles. The molecule has 0 amide bonds. The molecule has 2 atom stereocenters. The standard InChI is InChI=1S/C18H17F2N/c1-18(2,20)16(14-6-4-3-5-7-14)17(19)15-10-8-13(12-21)9-11-15/h3-11,16-17H,1-2H3/t16-,17+/m1/s1. The van der Waals surface area contributed by atoms with E-state index in [9.17, 15) is 8.78 Å². The van der Waals surface area contributed by atoms with Gasteiger partial charge in [0.1, 0.15) is 11.8 Å². The normalized spacial score (nSPS) is 14.2. The topological polar surface area (TPSA) is 23.8 Å². The molecule has 0 aliphatic heterocycles. The summed E-state index contributed by atoms with van der Waals surface area (Å²) in [4.78, 5) is 0. The van der Waals surface area contributed by atoms with Gasteiger partial charge in [0.15, 0.2) is 0 Å². The van der Waals surface area contributed by atoms with Crippen LogP contribution in [-0.2, 0) is 0 Å². The van der Waals surface area contributed by atoms with Crippen LogP contribution >= 0.6 is 0 Å². The molecule has 0 unspecified atom stereocenters. The second-order valence-corrected chi connectivity index (χ2v) is 5.59. The van der Waals surface area contributed by atoms with Gasteiger partial charge in [-0.25, -0.2) is 8.78 Å². The summed E-state index contributed by atoms with van der Waals surface area (Å²) in [6.45, 7) is 2.78. The van der Waals surface area contributed by atoms with Gasteiger partial charge in [0.25, 0.3) is 0 Å². The van der Waals surface area contributed by atoms with E-state index in [1.165, 1.54) is 13.8 Å². The maximum Gasteiger partial charge on any atom is 0.135 e. The fraction of sp³-hybridized carbons (Fsp3) is 0.278. The Morgan fingerprint density at radius 2 is 1.52 bits per heavy atom. The van der Waals surface area contributed by atoms with Crippen molar-refractivity contribution in [1.29, 1.82) is 5.26 Å². The summed E-state index contributed by atoms with van der Waals surface area (Å²) in [5.41, 5.74) is -0.230. The minimum Gasteiger partial charge on any atom is -0.244 e. The molecule has 21 heavy (non-hydrogen) atoms. The van der Waals surface area contributed by atoms with E-state index in [1.54, 1.807) is 48.5 Å². The highest BCUT2D eigenvalue weighted by molar-refractivity contribution is 5.35. The lowest BCUT2D eigenvalue weighted by Crippen LogP contribution is -2.27. The third kappa shape index (κ3) is 3.46. The molecule has 2 rings (SSSR count). The third-order valence-corrected chi connectivity index (χ3v) is 3.55. The van der Waals surface area contributed by atoms with Crippen molar-refractivity contribution >= 4 is 0 Å². The Hall–Kier alpha value is -2.21. The molecule has 3 heteroatoms. The summed E-state index contributed by atoms with van der Waals surface area (Å²) in [5.74, 6) is -0.897. The lowest BCUT2D eigenvalue weighted by molar-refractivity contribution is 0.108. The molecule has 0 saturated carbocycles. The fourth-order valence-electron chi connectivity index (χ4n) is 2.51. The predicted octanol–water partition coefficient (Wildman–Crippen LogP) is 5.10. The van der Waals surface area contributed by atoms with E-state index >= 15 is 0 Å². The van der Waals surface area contributed by atoms with Crippen molar-refractivity contribution in [1.82, 2.24) is 0 Å². The Bertz CT molecular complexity index is 621. The van der Waals surface area contributed by atoms with Crippen molar-refractivity contribution in [3.63, 3.8) is 0 Å². The van der Waals surface area contributed by atoms with Crippen LogP contribution < -0.4 is 0 Å². The average molecular weight is 285 g/mol. The van der Waals surface area contributed by atoms with Crippen molar-refractivity contribution in [2.75, 3.05) is 0 Å². The highest BCUT2D eigenvalue weighted by Crippen LogP contribution is 2.43. The van der Waals surface area contributed by atoms with Gasteiger partial charge in [0, 0.05) is 0 Å². The summed E-state index contributed by atoms with van der Waals surface area (Å²) in [6, 6.07) is 17.0. The average Bonchev–Trinajstić information content (AvgIpc) is 2.47. The number of halogens is 2. The van der Waals surface area contributed by atoms with Gasteiger partial charge < -0.3 is 0 Å². The zero-order chi connectivity index (χ0) is 15.5. The Morgan fingerprint density at radius 3 is 2.00 bits per heavy atom. The van der Waals surface area contributed by atoms with E-state index in [4.69, 9.17) is 5.26 Å². The molecule has 1 nitrogen and oxygen atoms in total. The maximum atomic E-state index is 14.9. The molecular formula is C18H17F2N. The predicted molar refractivity (Wildman–Crippen MR) is 79.4 cm³/mol. The number of rotatable bonds is 4. The number of hydrogen-bond acceptors (Lipinski definition) is 1. The molecule has 0 saturated heterocycles. The van der Waals surface area contributed by atoms with Gasteiger partial charge in [-0.1, -0.05) is 42.5 Å². The number of alkyl halides is 2. The number of nitrogens with zero attached hydrogens (tertiary/aromatic N) is 1. The van der Waals surface area contributed by atoms with E-state index in [2.05, 4.69) is 0 Å². The van der Waals surface area contributed by atoms with Crippen LogP contribution in [0.2, 0.25) is 0 Å². The highest BCUT2D eigenvalue weighted by Gasteiger charge is 2.38. The number of benzene rings is 2. The SMILES string of the molecule is CC(C)(F)[C@H](c1ccccc1)[C@@H](F)c1ccc(C#N)cc1. The molecular weight excluding hydrogens is 268 g/mol. The van der Waals surface area contributed by atoms with Gasteiger partial charge in [-0.3, -0.25) is 0 Å². The highest BCUT2D eigenvalue weighted by atomic mass is 19.2. The van der Waals surface area contributed by atoms with Crippen molar-refractivity contribution in [3.05, 3.63) is 71.3 Å². The van der Waals surface area contributed by atoms with Gasteiger partial charge >= 0.3 is 0 Å². The molecule has 0 spiro atoms. The summed E-state index contributed by atoms with van der Waals surface area (Å²) >= 11 is 0. The second-order valence-electron chi connectivity index (χ2n) is 5.59. The molecule has 0 aliphatic rings. The van der Waals surface area contributed by atoms with Crippen molar-refractivity contribution in [2.45, 2.75) is 31.6 Å². The molecule has 0 bridgehead atoms. The molecule has 0 N–H and O–H groups in total. The van der Waals surface area contributed by atoms with Crippen LogP contribution in [-0.4, -0.2) is 5.67 Å². The van der Waals surface area contributed by atoms with Crippen molar-refractivity contribution in [3.8, 4) is 6.07 Å². The van der Waals surface area contributed by atoms with Gasteiger partial charge in [0.2, 0.25) is 0 Å². The zero-order valence-electron chi connectivity index (χ0n) is 12.1. The Labute approximate surface area is 123 Å². The first-order valence-electron chi connectivity index (χ1n) is 6.81. The largest absolute Gasteiger partial charge is 0.244 e. The summed E-state index contributed by atoms with van der Waals surface area (Å²) in [7, 11) is 0. The van der Waals surface area contributed by atoms with Gasteiger partial charge in [-0.2, -0.15) is 5.26 Å². The van der Waals surface area contributed by atoms with E-state index in [1.807, 2.05) is 12.1 Å². The van der Waals surface area contributed by atoms with E-state index in [0.717, 1.165) is 0 Å². The maximum absolute atomic E-state index is 14.9. The van der Waals surface area contributed by atoms with Crippen LogP contribution in [0.5, 0.6) is 0 Å².